The molecule has 4 saturated heterocycles. The third kappa shape index (κ3) is 16.4. The zero-order chi connectivity index (χ0) is 17.6. The molecule has 0 aromatic carbocycles. The molecule has 0 saturated carbocycles. The van der Waals surface area contributed by atoms with Crippen LogP contribution in [0.2, 0.25) is 0 Å². The average Bonchev–Trinajstić information content (AvgIpc) is 3.32. The Balaban J connectivity index is 0.000000183. The molecule has 4 aliphatic heterocycles. The molecule has 0 bridgehead atoms. The second kappa shape index (κ2) is 13.8. The van der Waals surface area contributed by atoms with Crippen LogP contribution in [-0.2, 0) is 28.4 Å². The number of allylic oxidation sites excluding steroid dienone is 1. The van der Waals surface area contributed by atoms with Crippen molar-refractivity contribution in [2.24, 2.45) is 0 Å². The Hall–Kier alpha value is -0.500. The zero-order valence-corrected chi connectivity index (χ0v) is 15.4. The molecular formula is C18H34O6. The van der Waals surface area contributed by atoms with Crippen molar-refractivity contribution in [2.45, 2.75) is 51.6 Å². The maximum atomic E-state index is 5.23. The second-order valence-corrected chi connectivity index (χ2v) is 6.01. The number of hydrogen-bond acceptors (Lipinski definition) is 6. The Bertz CT molecular complexity index is 246. The van der Waals surface area contributed by atoms with E-state index in [1.807, 2.05) is 6.92 Å². The fourth-order valence-corrected chi connectivity index (χ4v) is 1.32. The van der Waals surface area contributed by atoms with Crippen molar-refractivity contribution in [3.8, 4) is 0 Å². The fraction of sp³-hybridized carbons (Fsp3) is 0.889. The molecule has 0 aromatic heterocycles. The normalized spacial score (nSPS) is 30.3. The van der Waals surface area contributed by atoms with Crippen LogP contribution in [-0.4, -0.2) is 77.3 Å². The van der Waals surface area contributed by atoms with Gasteiger partial charge in [-0.1, -0.05) is 26.3 Å². The SMILES string of the molecule is C(OCC1CO1)C1CO1.C(OCC1CO1)C1CO1.C=CC.CCC. The van der Waals surface area contributed by atoms with Crippen molar-refractivity contribution in [2.75, 3.05) is 52.9 Å². The molecule has 0 radical (unpaired) electrons. The smallest absolute Gasteiger partial charge is 0.104 e. The highest BCUT2D eigenvalue weighted by molar-refractivity contribution is 4.71. The monoisotopic (exact) mass is 346 g/mol. The molecule has 0 aromatic rings. The van der Waals surface area contributed by atoms with E-state index in [1.54, 1.807) is 6.08 Å². The van der Waals surface area contributed by atoms with Crippen LogP contribution in [0.4, 0.5) is 0 Å². The van der Waals surface area contributed by atoms with Crippen molar-refractivity contribution in [3.05, 3.63) is 12.7 Å². The predicted octanol–water partition coefficient (Wildman–Crippen LogP) is 2.21. The minimum atomic E-state index is 0.392. The van der Waals surface area contributed by atoms with Crippen LogP contribution in [0.5, 0.6) is 0 Å². The number of hydrogen-bond donors (Lipinski definition) is 0. The second-order valence-electron chi connectivity index (χ2n) is 6.01. The van der Waals surface area contributed by atoms with Gasteiger partial charge in [0.1, 0.15) is 24.4 Å². The lowest BCUT2D eigenvalue weighted by Crippen LogP contribution is -2.06. The number of rotatable bonds is 8. The van der Waals surface area contributed by atoms with Crippen LogP contribution in [0.15, 0.2) is 12.7 Å². The first kappa shape index (κ1) is 21.5. The molecule has 0 N–H and O–H groups in total. The molecule has 142 valence electrons. The number of epoxide rings is 4. The highest BCUT2D eigenvalue weighted by atomic mass is 16.6. The van der Waals surface area contributed by atoms with Gasteiger partial charge in [0.25, 0.3) is 0 Å². The molecule has 4 fully saturated rings. The minimum absolute atomic E-state index is 0.392. The van der Waals surface area contributed by atoms with Crippen LogP contribution >= 0.6 is 0 Å². The topological polar surface area (TPSA) is 68.6 Å². The first-order chi connectivity index (χ1) is 11.7. The third-order valence-corrected chi connectivity index (χ3v) is 2.82. The van der Waals surface area contributed by atoms with Crippen LogP contribution in [0.3, 0.4) is 0 Å². The van der Waals surface area contributed by atoms with E-state index in [4.69, 9.17) is 28.4 Å². The molecule has 6 heteroatoms. The quantitative estimate of drug-likeness (QED) is 0.496. The van der Waals surface area contributed by atoms with Gasteiger partial charge < -0.3 is 28.4 Å². The van der Waals surface area contributed by atoms with Gasteiger partial charge in [0.05, 0.1) is 52.9 Å². The first-order valence-electron chi connectivity index (χ1n) is 8.92. The highest BCUT2D eigenvalue weighted by Crippen LogP contribution is 2.13. The van der Waals surface area contributed by atoms with Crippen LogP contribution < -0.4 is 0 Å². The molecule has 0 spiro atoms. The summed E-state index contributed by atoms with van der Waals surface area (Å²) in [5, 5.41) is 0. The molecule has 0 aliphatic carbocycles. The Morgan fingerprint density at radius 3 is 1.04 bits per heavy atom. The molecule has 4 atom stereocenters. The van der Waals surface area contributed by atoms with E-state index in [1.165, 1.54) is 6.42 Å². The van der Waals surface area contributed by atoms with Gasteiger partial charge in [-0.3, -0.25) is 0 Å². The van der Waals surface area contributed by atoms with Crippen LogP contribution in [0.25, 0.3) is 0 Å². The Morgan fingerprint density at radius 1 is 0.750 bits per heavy atom. The van der Waals surface area contributed by atoms with E-state index < -0.39 is 0 Å². The van der Waals surface area contributed by atoms with Gasteiger partial charge in [-0.2, -0.15) is 0 Å². The van der Waals surface area contributed by atoms with E-state index in [0.717, 1.165) is 52.9 Å². The highest BCUT2D eigenvalue weighted by Gasteiger charge is 2.27. The van der Waals surface area contributed by atoms with E-state index in [0.29, 0.717) is 24.4 Å². The van der Waals surface area contributed by atoms with Crippen molar-refractivity contribution in [1.82, 2.24) is 0 Å². The summed E-state index contributed by atoms with van der Waals surface area (Å²) in [4.78, 5) is 0. The first-order valence-corrected chi connectivity index (χ1v) is 8.92. The maximum Gasteiger partial charge on any atom is 0.104 e. The summed E-state index contributed by atoms with van der Waals surface area (Å²) in [7, 11) is 0. The van der Waals surface area contributed by atoms with Gasteiger partial charge in [0, 0.05) is 0 Å². The number of ether oxygens (including phenoxy) is 6. The van der Waals surface area contributed by atoms with E-state index in [-0.39, 0.29) is 0 Å². The average molecular weight is 346 g/mol. The van der Waals surface area contributed by atoms with Gasteiger partial charge in [0.15, 0.2) is 0 Å². The predicted molar refractivity (Wildman–Crippen MR) is 92.4 cm³/mol. The lowest BCUT2D eigenvalue weighted by atomic mass is 10.5. The summed E-state index contributed by atoms with van der Waals surface area (Å²) in [5.41, 5.74) is 0. The summed E-state index contributed by atoms with van der Waals surface area (Å²) in [6.07, 6.45) is 4.57. The van der Waals surface area contributed by atoms with E-state index >= 15 is 0 Å². The van der Waals surface area contributed by atoms with Crippen molar-refractivity contribution < 1.29 is 28.4 Å². The van der Waals surface area contributed by atoms with E-state index in [9.17, 15) is 0 Å². The molecule has 4 aliphatic rings. The van der Waals surface area contributed by atoms with Crippen molar-refractivity contribution in [1.29, 1.82) is 0 Å². The van der Waals surface area contributed by atoms with Crippen LogP contribution in [0, 0.1) is 0 Å². The molecule has 6 nitrogen and oxygen atoms in total. The maximum absolute atomic E-state index is 5.23. The zero-order valence-electron chi connectivity index (χ0n) is 15.4. The lowest BCUT2D eigenvalue weighted by molar-refractivity contribution is 0.102. The summed E-state index contributed by atoms with van der Waals surface area (Å²) >= 11 is 0. The Kier molecular flexibility index (Phi) is 12.3. The summed E-state index contributed by atoms with van der Waals surface area (Å²) in [6.45, 7) is 16.0. The molecule has 4 unspecified atom stereocenters. The van der Waals surface area contributed by atoms with Gasteiger partial charge >= 0.3 is 0 Å². The summed E-state index contributed by atoms with van der Waals surface area (Å²) < 4.78 is 30.2. The van der Waals surface area contributed by atoms with E-state index in [2.05, 4.69) is 20.4 Å². The Labute approximate surface area is 146 Å². The van der Waals surface area contributed by atoms with Gasteiger partial charge in [-0.15, -0.1) is 6.58 Å². The third-order valence-electron chi connectivity index (χ3n) is 2.82. The molecule has 24 heavy (non-hydrogen) atoms. The summed E-state index contributed by atoms with van der Waals surface area (Å²) in [5.74, 6) is 0. The lowest BCUT2D eigenvalue weighted by Gasteiger charge is -1.95. The van der Waals surface area contributed by atoms with Gasteiger partial charge in [0.2, 0.25) is 0 Å². The molecule has 4 heterocycles. The van der Waals surface area contributed by atoms with Gasteiger partial charge in [-0.25, -0.2) is 0 Å². The molecular weight excluding hydrogens is 312 g/mol. The fourth-order valence-electron chi connectivity index (χ4n) is 1.32. The molecule has 0 amide bonds. The summed E-state index contributed by atoms with van der Waals surface area (Å²) in [6, 6.07) is 0. The van der Waals surface area contributed by atoms with Crippen LogP contribution in [0.1, 0.15) is 27.2 Å². The minimum Gasteiger partial charge on any atom is -0.376 e. The van der Waals surface area contributed by atoms with Crippen molar-refractivity contribution in [3.63, 3.8) is 0 Å². The molecule has 4 rings (SSSR count). The van der Waals surface area contributed by atoms with Gasteiger partial charge in [-0.05, 0) is 6.92 Å². The van der Waals surface area contributed by atoms with Crippen molar-refractivity contribution >= 4 is 0 Å². The largest absolute Gasteiger partial charge is 0.376 e. The Morgan fingerprint density at radius 2 is 0.917 bits per heavy atom. The standard InChI is InChI=1S/2C6H10O3.C3H8.C3H6/c2*1(5-3-8-5)7-2-6-4-9-6;2*1-3-2/h2*5-6H,1-4H2;3H2,1-2H3;3H,1H2,2H3.